The number of carbonyl (C=O) groups excluding carboxylic acids is 2. The molecule has 9 heteroatoms. The summed E-state index contributed by atoms with van der Waals surface area (Å²) in [6, 6.07) is 7.72. The monoisotopic (exact) mass is 451 g/mol. The second kappa shape index (κ2) is 11.1. The van der Waals surface area contributed by atoms with E-state index >= 15 is 0 Å². The molecule has 0 aromatic heterocycles. The van der Waals surface area contributed by atoms with Crippen LogP contribution in [0.3, 0.4) is 0 Å². The number of hydrogen-bond acceptors (Lipinski definition) is 5. The minimum Gasteiger partial charge on any atom is -0.376 e. The lowest BCUT2D eigenvalue weighted by atomic mass is 9.81. The van der Waals surface area contributed by atoms with E-state index in [1.807, 2.05) is 0 Å². The van der Waals surface area contributed by atoms with Crippen LogP contribution in [-0.4, -0.2) is 52.1 Å². The number of benzene rings is 1. The largest absolute Gasteiger partial charge is 0.376 e. The summed E-state index contributed by atoms with van der Waals surface area (Å²) in [5, 5.41) is 5.65. The number of carbonyl (C=O) groups is 2. The number of nitrogens with one attached hydrogen (secondary N) is 3. The van der Waals surface area contributed by atoms with Crippen LogP contribution in [0.4, 0.5) is 0 Å². The first kappa shape index (κ1) is 23.7. The average Bonchev–Trinajstić information content (AvgIpc) is 3.30. The van der Waals surface area contributed by atoms with E-state index < -0.39 is 16.1 Å². The molecule has 1 saturated heterocycles. The third-order valence-corrected chi connectivity index (χ3v) is 7.55. The van der Waals surface area contributed by atoms with Crippen LogP contribution in [0, 0.1) is 11.8 Å². The Hall–Kier alpha value is -1.97. The molecule has 3 rings (SSSR count). The fourth-order valence-electron chi connectivity index (χ4n) is 4.11. The molecule has 31 heavy (non-hydrogen) atoms. The van der Waals surface area contributed by atoms with Crippen molar-refractivity contribution in [3.8, 4) is 0 Å². The minimum atomic E-state index is -3.51. The summed E-state index contributed by atoms with van der Waals surface area (Å²) in [5.74, 6) is -0.249. The van der Waals surface area contributed by atoms with Gasteiger partial charge in [0.15, 0.2) is 0 Å². The third kappa shape index (κ3) is 7.02. The molecular weight excluding hydrogens is 418 g/mol. The maximum Gasteiger partial charge on any atom is 0.242 e. The molecule has 0 unspecified atom stereocenters. The molecule has 0 radical (unpaired) electrons. The fourth-order valence-corrected chi connectivity index (χ4v) is 5.25. The maximum atomic E-state index is 12.6. The topological polar surface area (TPSA) is 114 Å². The van der Waals surface area contributed by atoms with Gasteiger partial charge in [-0.1, -0.05) is 18.2 Å². The molecule has 1 aromatic rings. The van der Waals surface area contributed by atoms with E-state index in [0.717, 1.165) is 32.3 Å². The Bertz CT molecular complexity index is 832. The molecule has 1 heterocycles. The summed E-state index contributed by atoms with van der Waals surface area (Å²) in [4.78, 5) is 25.0. The first-order valence-electron chi connectivity index (χ1n) is 11.1. The van der Waals surface area contributed by atoms with Crippen LogP contribution in [0.1, 0.15) is 45.4 Å². The highest BCUT2D eigenvalue weighted by atomic mass is 32.2. The highest BCUT2D eigenvalue weighted by Crippen LogP contribution is 2.29. The van der Waals surface area contributed by atoms with Gasteiger partial charge in [-0.3, -0.25) is 9.59 Å². The fraction of sp³-hybridized carbons (Fsp3) is 0.636. The van der Waals surface area contributed by atoms with Gasteiger partial charge in [-0.05, 0) is 63.5 Å². The van der Waals surface area contributed by atoms with Crippen LogP contribution in [0.2, 0.25) is 0 Å². The molecule has 172 valence electrons. The van der Waals surface area contributed by atoms with Gasteiger partial charge in [-0.15, -0.1) is 0 Å². The molecule has 2 amide bonds. The van der Waals surface area contributed by atoms with Gasteiger partial charge in [-0.2, -0.15) is 0 Å². The minimum absolute atomic E-state index is 0.0708. The molecule has 1 aliphatic heterocycles. The van der Waals surface area contributed by atoms with Gasteiger partial charge >= 0.3 is 0 Å². The summed E-state index contributed by atoms with van der Waals surface area (Å²) in [6.07, 6.45) is 4.96. The van der Waals surface area contributed by atoms with Gasteiger partial charge < -0.3 is 15.4 Å². The van der Waals surface area contributed by atoms with Crippen molar-refractivity contribution in [3.05, 3.63) is 30.3 Å². The zero-order chi connectivity index (χ0) is 22.3. The lowest BCUT2D eigenvalue weighted by Crippen LogP contribution is -2.48. The second-order valence-electron chi connectivity index (χ2n) is 8.49. The maximum absolute atomic E-state index is 12.6. The average molecular weight is 452 g/mol. The van der Waals surface area contributed by atoms with E-state index in [4.69, 9.17) is 4.74 Å². The van der Waals surface area contributed by atoms with Gasteiger partial charge in [0, 0.05) is 25.6 Å². The molecule has 1 aliphatic carbocycles. The smallest absolute Gasteiger partial charge is 0.242 e. The van der Waals surface area contributed by atoms with E-state index in [2.05, 4.69) is 15.4 Å². The van der Waals surface area contributed by atoms with Gasteiger partial charge in [0.05, 0.1) is 11.0 Å². The molecule has 0 spiro atoms. The first-order valence-corrected chi connectivity index (χ1v) is 12.6. The zero-order valence-electron chi connectivity index (χ0n) is 18.0. The van der Waals surface area contributed by atoms with Crippen molar-refractivity contribution in [1.29, 1.82) is 0 Å². The van der Waals surface area contributed by atoms with E-state index in [0.29, 0.717) is 25.9 Å². The Morgan fingerprint density at radius 1 is 1.06 bits per heavy atom. The van der Waals surface area contributed by atoms with Gasteiger partial charge in [0.1, 0.15) is 6.04 Å². The van der Waals surface area contributed by atoms with Crippen LogP contribution < -0.4 is 15.4 Å². The van der Waals surface area contributed by atoms with Crippen molar-refractivity contribution >= 4 is 21.8 Å². The SMILES string of the molecule is C[C@H](NC(=O)C1CCC(CNS(=O)(=O)c2ccccc2)CC1)C(=O)NC[C@@H]1CCCO1. The molecular formula is C22H33N3O5S. The van der Waals surface area contributed by atoms with Crippen LogP contribution in [0.5, 0.6) is 0 Å². The quantitative estimate of drug-likeness (QED) is 0.527. The van der Waals surface area contributed by atoms with Gasteiger partial charge in [0.25, 0.3) is 0 Å². The van der Waals surface area contributed by atoms with Crippen LogP contribution in [0.15, 0.2) is 35.2 Å². The van der Waals surface area contributed by atoms with E-state index in [9.17, 15) is 18.0 Å². The second-order valence-corrected chi connectivity index (χ2v) is 10.3. The van der Waals surface area contributed by atoms with Crippen LogP contribution in [-0.2, 0) is 24.3 Å². The standard InChI is InChI=1S/C22H33N3O5S/c1-16(21(26)23-15-19-6-5-13-30-19)25-22(27)18-11-9-17(10-12-18)14-24-31(28,29)20-7-3-2-4-8-20/h2-4,7-8,16-19,24H,5-6,9-15H2,1H3,(H,23,26)(H,25,27)/t16-,17?,18?,19-/m0/s1. The highest BCUT2D eigenvalue weighted by Gasteiger charge is 2.29. The summed E-state index contributed by atoms with van der Waals surface area (Å²) < 4.78 is 32.9. The molecule has 8 nitrogen and oxygen atoms in total. The Kier molecular flexibility index (Phi) is 8.45. The molecule has 2 fully saturated rings. The predicted molar refractivity (Wildman–Crippen MR) is 117 cm³/mol. The molecule has 2 atom stereocenters. The van der Waals surface area contributed by atoms with Crippen molar-refractivity contribution in [2.24, 2.45) is 11.8 Å². The number of sulfonamides is 1. The summed E-state index contributed by atoms with van der Waals surface area (Å²) in [5.41, 5.74) is 0. The van der Waals surface area contributed by atoms with E-state index in [1.54, 1.807) is 37.3 Å². The van der Waals surface area contributed by atoms with E-state index in [-0.39, 0.29) is 34.6 Å². The Labute approximate surface area is 184 Å². The number of rotatable bonds is 9. The van der Waals surface area contributed by atoms with Crippen molar-refractivity contribution < 1.29 is 22.7 Å². The van der Waals surface area contributed by atoms with E-state index in [1.165, 1.54) is 0 Å². The van der Waals surface area contributed by atoms with Crippen molar-refractivity contribution in [1.82, 2.24) is 15.4 Å². The number of ether oxygens (including phenoxy) is 1. The lowest BCUT2D eigenvalue weighted by molar-refractivity contribution is -0.131. The van der Waals surface area contributed by atoms with Gasteiger partial charge in [0.2, 0.25) is 21.8 Å². The Balaban J connectivity index is 1.36. The van der Waals surface area contributed by atoms with Crippen molar-refractivity contribution in [2.75, 3.05) is 19.7 Å². The Morgan fingerprint density at radius 3 is 2.42 bits per heavy atom. The first-order chi connectivity index (χ1) is 14.8. The molecule has 3 N–H and O–H groups in total. The zero-order valence-corrected chi connectivity index (χ0v) is 18.8. The molecule has 1 saturated carbocycles. The Morgan fingerprint density at radius 2 is 1.77 bits per heavy atom. The van der Waals surface area contributed by atoms with Crippen LogP contribution in [0.25, 0.3) is 0 Å². The highest BCUT2D eigenvalue weighted by molar-refractivity contribution is 7.89. The van der Waals surface area contributed by atoms with Crippen molar-refractivity contribution in [2.45, 2.75) is 62.5 Å². The van der Waals surface area contributed by atoms with Crippen LogP contribution >= 0.6 is 0 Å². The molecule has 0 bridgehead atoms. The lowest BCUT2D eigenvalue weighted by Gasteiger charge is -2.28. The summed E-state index contributed by atoms with van der Waals surface area (Å²) in [6.45, 7) is 3.27. The van der Waals surface area contributed by atoms with Crippen molar-refractivity contribution in [3.63, 3.8) is 0 Å². The number of hydrogen-bond donors (Lipinski definition) is 3. The molecule has 2 aliphatic rings. The van der Waals surface area contributed by atoms with Gasteiger partial charge in [-0.25, -0.2) is 13.1 Å². The predicted octanol–water partition coefficient (Wildman–Crippen LogP) is 1.57. The summed E-state index contributed by atoms with van der Waals surface area (Å²) >= 11 is 0. The number of amides is 2. The normalized spacial score (nSPS) is 25.0. The third-order valence-electron chi connectivity index (χ3n) is 6.11. The summed E-state index contributed by atoms with van der Waals surface area (Å²) in [7, 11) is -3.51. The molecule has 1 aromatic carbocycles.